The highest BCUT2D eigenvalue weighted by atomic mass is 16.4. The highest BCUT2D eigenvalue weighted by molar-refractivity contribution is 5.97. The topological polar surface area (TPSA) is 101 Å². The van der Waals surface area contributed by atoms with Gasteiger partial charge in [-0.3, -0.25) is 4.79 Å². The predicted molar refractivity (Wildman–Crippen MR) is 70.8 cm³/mol. The highest BCUT2D eigenvalue weighted by Gasteiger charge is 2.34. The Morgan fingerprint density at radius 3 is 2.90 bits per heavy atom. The third-order valence-corrected chi connectivity index (χ3v) is 3.51. The number of carbonyl (C=O) groups is 2. The van der Waals surface area contributed by atoms with E-state index in [2.05, 4.69) is 15.5 Å². The Morgan fingerprint density at radius 1 is 1.33 bits per heavy atom. The van der Waals surface area contributed by atoms with Crippen LogP contribution in [0.4, 0.5) is 0 Å². The van der Waals surface area contributed by atoms with E-state index in [1.807, 2.05) is 0 Å². The molecule has 1 aromatic carbocycles. The molecule has 2 aromatic rings. The lowest BCUT2D eigenvalue weighted by Crippen LogP contribution is -2.40. The summed E-state index contributed by atoms with van der Waals surface area (Å²) in [5.41, 5.74) is 1.08. The Labute approximate surface area is 120 Å². The van der Waals surface area contributed by atoms with Gasteiger partial charge in [0.15, 0.2) is 0 Å². The highest BCUT2D eigenvalue weighted by Crippen LogP contribution is 2.21. The van der Waals surface area contributed by atoms with E-state index in [0.717, 1.165) is 0 Å². The Bertz CT molecular complexity index is 670. The summed E-state index contributed by atoms with van der Waals surface area (Å²) in [5.74, 6) is -1.24. The molecule has 1 aromatic heterocycles. The van der Waals surface area contributed by atoms with Gasteiger partial charge in [-0.15, -0.1) is 5.10 Å². The zero-order valence-electron chi connectivity index (χ0n) is 11.1. The summed E-state index contributed by atoms with van der Waals surface area (Å²) in [6.07, 6.45) is 2.63. The van der Waals surface area contributed by atoms with Crippen LogP contribution in [-0.2, 0) is 4.79 Å². The number of carboxylic acids is 1. The quantitative estimate of drug-likeness (QED) is 0.874. The van der Waals surface area contributed by atoms with E-state index in [0.29, 0.717) is 30.6 Å². The lowest BCUT2D eigenvalue weighted by atomic mass is 10.1. The molecule has 108 valence electrons. The van der Waals surface area contributed by atoms with E-state index in [9.17, 15) is 9.59 Å². The number of hydrogen-bond donors (Lipinski definition) is 1. The third kappa shape index (κ3) is 2.47. The molecule has 21 heavy (non-hydrogen) atoms. The molecule has 1 saturated heterocycles. The van der Waals surface area contributed by atoms with Crippen LogP contribution in [0, 0.1) is 0 Å². The molecule has 1 N–H and O–H groups in total. The zero-order valence-corrected chi connectivity index (χ0v) is 11.1. The molecule has 0 saturated carbocycles. The van der Waals surface area contributed by atoms with Crippen LogP contribution in [0.25, 0.3) is 5.69 Å². The number of carboxylic acid groups (broad SMARTS) is 1. The van der Waals surface area contributed by atoms with Gasteiger partial charge in [-0.25, -0.2) is 9.48 Å². The second kappa shape index (κ2) is 5.31. The number of amides is 1. The number of aliphatic carboxylic acids is 1. The molecule has 0 aliphatic carbocycles. The van der Waals surface area contributed by atoms with Crippen molar-refractivity contribution >= 4 is 11.9 Å². The second-order valence-electron chi connectivity index (χ2n) is 4.80. The average Bonchev–Trinajstić information content (AvgIpc) is 3.17. The normalized spacial score (nSPS) is 17.9. The van der Waals surface area contributed by atoms with E-state index < -0.39 is 12.0 Å². The van der Waals surface area contributed by atoms with Crippen LogP contribution in [0.15, 0.2) is 30.6 Å². The van der Waals surface area contributed by atoms with Gasteiger partial charge in [0.1, 0.15) is 12.4 Å². The predicted octanol–water partition coefficient (Wildman–Crippen LogP) is 0.351. The third-order valence-electron chi connectivity index (χ3n) is 3.51. The van der Waals surface area contributed by atoms with Crippen molar-refractivity contribution in [3.05, 3.63) is 36.2 Å². The van der Waals surface area contributed by atoms with Crippen molar-refractivity contribution in [1.29, 1.82) is 0 Å². The number of hydrogen-bond acceptors (Lipinski definition) is 5. The van der Waals surface area contributed by atoms with E-state index in [1.165, 1.54) is 15.9 Å². The summed E-state index contributed by atoms with van der Waals surface area (Å²) in [7, 11) is 0. The molecule has 1 unspecified atom stereocenters. The van der Waals surface area contributed by atoms with Gasteiger partial charge < -0.3 is 10.0 Å². The van der Waals surface area contributed by atoms with Crippen molar-refractivity contribution < 1.29 is 14.7 Å². The minimum atomic E-state index is -0.961. The SMILES string of the molecule is O=C(O)C1CCCN1C(=O)c1cccc(-n2cnnn2)c1. The summed E-state index contributed by atoms with van der Waals surface area (Å²) < 4.78 is 1.44. The van der Waals surface area contributed by atoms with Crippen LogP contribution >= 0.6 is 0 Å². The number of likely N-dealkylation sites (tertiary alicyclic amines) is 1. The number of rotatable bonds is 3. The van der Waals surface area contributed by atoms with Crippen molar-refractivity contribution in [2.24, 2.45) is 0 Å². The fourth-order valence-corrected chi connectivity index (χ4v) is 2.49. The van der Waals surface area contributed by atoms with E-state index >= 15 is 0 Å². The Kier molecular flexibility index (Phi) is 3.35. The molecule has 3 rings (SSSR count). The minimum Gasteiger partial charge on any atom is -0.480 e. The van der Waals surface area contributed by atoms with Gasteiger partial charge in [0.2, 0.25) is 0 Å². The monoisotopic (exact) mass is 287 g/mol. The van der Waals surface area contributed by atoms with E-state index in [-0.39, 0.29) is 5.91 Å². The van der Waals surface area contributed by atoms with Crippen molar-refractivity contribution in [3.8, 4) is 5.69 Å². The van der Waals surface area contributed by atoms with Crippen LogP contribution in [0.5, 0.6) is 0 Å². The Morgan fingerprint density at radius 2 is 2.19 bits per heavy atom. The average molecular weight is 287 g/mol. The first-order valence-corrected chi connectivity index (χ1v) is 6.54. The summed E-state index contributed by atoms with van der Waals surface area (Å²) in [5, 5.41) is 20.0. The molecule has 1 fully saturated rings. The van der Waals surface area contributed by atoms with Crippen molar-refractivity contribution in [2.45, 2.75) is 18.9 Å². The summed E-state index contributed by atoms with van der Waals surface area (Å²) in [4.78, 5) is 25.1. The van der Waals surface area contributed by atoms with Gasteiger partial charge in [-0.1, -0.05) is 6.07 Å². The number of nitrogens with zero attached hydrogens (tertiary/aromatic N) is 5. The van der Waals surface area contributed by atoms with Crippen molar-refractivity contribution in [2.75, 3.05) is 6.54 Å². The molecule has 1 amide bonds. The molecule has 0 radical (unpaired) electrons. The van der Waals surface area contributed by atoms with E-state index in [4.69, 9.17) is 5.11 Å². The standard InChI is InChI=1S/C13H13N5O3/c19-12(17-6-2-5-11(17)13(20)21)9-3-1-4-10(7-9)18-8-14-15-16-18/h1,3-4,7-8,11H,2,5-6H2,(H,20,21). The minimum absolute atomic E-state index is 0.283. The second-order valence-corrected chi connectivity index (χ2v) is 4.80. The van der Waals surface area contributed by atoms with Gasteiger partial charge in [0.05, 0.1) is 5.69 Å². The first kappa shape index (κ1) is 13.2. The lowest BCUT2D eigenvalue weighted by molar-refractivity contribution is -0.141. The van der Waals surface area contributed by atoms with Crippen molar-refractivity contribution in [1.82, 2.24) is 25.1 Å². The number of aromatic nitrogens is 4. The van der Waals surface area contributed by atoms with Gasteiger partial charge in [-0.05, 0) is 41.5 Å². The Balaban J connectivity index is 1.88. The smallest absolute Gasteiger partial charge is 0.326 e. The molecule has 1 aliphatic heterocycles. The molecule has 0 bridgehead atoms. The van der Waals surface area contributed by atoms with Gasteiger partial charge in [0, 0.05) is 12.1 Å². The summed E-state index contributed by atoms with van der Waals surface area (Å²) in [6, 6.07) is 6.06. The Hall–Kier alpha value is -2.77. The molecular formula is C13H13N5O3. The summed E-state index contributed by atoms with van der Waals surface area (Å²) >= 11 is 0. The maximum absolute atomic E-state index is 12.5. The maximum Gasteiger partial charge on any atom is 0.326 e. The number of carbonyl (C=O) groups excluding carboxylic acids is 1. The molecule has 8 nitrogen and oxygen atoms in total. The first-order chi connectivity index (χ1) is 10.2. The lowest BCUT2D eigenvalue weighted by Gasteiger charge is -2.21. The van der Waals surface area contributed by atoms with Gasteiger partial charge >= 0.3 is 5.97 Å². The van der Waals surface area contributed by atoms with Crippen LogP contribution in [0.3, 0.4) is 0 Å². The van der Waals surface area contributed by atoms with Crippen LogP contribution in [0.2, 0.25) is 0 Å². The first-order valence-electron chi connectivity index (χ1n) is 6.54. The van der Waals surface area contributed by atoms with Gasteiger partial charge in [0.25, 0.3) is 5.91 Å². The van der Waals surface area contributed by atoms with Crippen molar-refractivity contribution in [3.63, 3.8) is 0 Å². The number of benzene rings is 1. The summed E-state index contributed by atoms with van der Waals surface area (Å²) in [6.45, 7) is 0.463. The molecule has 8 heteroatoms. The molecule has 2 heterocycles. The molecule has 1 atom stereocenters. The van der Waals surface area contributed by atoms with Crippen LogP contribution < -0.4 is 0 Å². The number of tetrazole rings is 1. The maximum atomic E-state index is 12.5. The molecule has 0 spiro atoms. The van der Waals surface area contributed by atoms with Gasteiger partial charge in [-0.2, -0.15) is 0 Å². The van der Waals surface area contributed by atoms with Crippen LogP contribution in [-0.4, -0.2) is 54.7 Å². The molecular weight excluding hydrogens is 274 g/mol. The fraction of sp³-hybridized carbons (Fsp3) is 0.308. The van der Waals surface area contributed by atoms with E-state index in [1.54, 1.807) is 24.3 Å². The zero-order chi connectivity index (χ0) is 14.8. The largest absolute Gasteiger partial charge is 0.480 e. The van der Waals surface area contributed by atoms with Crippen LogP contribution in [0.1, 0.15) is 23.2 Å². The fourth-order valence-electron chi connectivity index (χ4n) is 2.49. The molecule has 1 aliphatic rings.